The van der Waals surface area contributed by atoms with Crippen LogP contribution >= 0.6 is 36.4 Å². The summed E-state index contributed by atoms with van der Waals surface area (Å²) < 4.78 is 5.31. The Morgan fingerprint density at radius 1 is 1.22 bits per heavy atom. The average Bonchev–Trinajstić information content (AvgIpc) is 3.45. The van der Waals surface area contributed by atoms with Gasteiger partial charge in [0.15, 0.2) is 0 Å². The Morgan fingerprint density at radius 3 is 2.56 bits per heavy atom. The second-order valence-electron chi connectivity index (χ2n) is 7.03. The molecule has 1 aliphatic heterocycles. The minimum Gasteiger partial charge on any atom is -0.495 e. The molecule has 1 aromatic carbocycles. The number of nitrogens with zero attached hydrogens (tertiary/aromatic N) is 1. The van der Waals surface area contributed by atoms with Crippen LogP contribution < -0.4 is 15.4 Å². The van der Waals surface area contributed by atoms with Crippen LogP contribution in [0.1, 0.15) is 32.1 Å². The maximum Gasteiger partial charge on any atom is 0.224 e. The summed E-state index contributed by atoms with van der Waals surface area (Å²) in [7, 11) is 1.63. The lowest BCUT2D eigenvalue weighted by molar-refractivity contribution is -0.132. The first kappa shape index (κ1) is 24.2. The normalized spacial score (nSPS) is 16.9. The van der Waals surface area contributed by atoms with Crippen molar-refractivity contribution in [3.63, 3.8) is 0 Å². The molecular weight excluding hydrogens is 409 g/mol. The molecule has 3 rings (SSSR count). The molecule has 1 saturated carbocycles. The largest absolute Gasteiger partial charge is 0.495 e. The summed E-state index contributed by atoms with van der Waals surface area (Å²) in [6.07, 6.45) is 5.38. The van der Waals surface area contributed by atoms with Crippen LogP contribution in [0.25, 0.3) is 0 Å². The maximum absolute atomic E-state index is 12.4. The van der Waals surface area contributed by atoms with Gasteiger partial charge >= 0.3 is 0 Å². The highest BCUT2D eigenvalue weighted by Crippen LogP contribution is 2.28. The van der Waals surface area contributed by atoms with Crippen molar-refractivity contribution in [2.45, 2.75) is 38.1 Å². The van der Waals surface area contributed by atoms with E-state index in [2.05, 4.69) is 10.6 Å². The standard InChI is InChI=1S/C19H28ClN3O2.2ClH/c1-25-18-5-4-15(20)12-17(18)21-9-6-19(24)23-10-7-16(8-11-23)22-13-14-2-3-14;;/h4-5,12,14,16,21-22H,2-3,6-11,13H2,1H3;2*1H. The number of carbonyl (C=O) groups is 1. The molecule has 1 aromatic rings. The van der Waals surface area contributed by atoms with Gasteiger partial charge in [-0.1, -0.05) is 11.6 Å². The number of anilines is 1. The Kier molecular flexibility index (Phi) is 10.6. The zero-order chi connectivity index (χ0) is 17.6. The summed E-state index contributed by atoms with van der Waals surface area (Å²) in [4.78, 5) is 14.4. The number of likely N-dealkylation sites (tertiary alicyclic amines) is 1. The Hall–Kier alpha value is -0.880. The molecule has 2 aliphatic rings. The topological polar surface area (TPSA) is 53.6 Å². The van der Waals surface area contributed by atoms with Crippen molar-refractivity contribution >= 4 is 48.0 Å². The van der Waals surface area contributed by atoms with E-state index < -0.39 is 0 Å². The minimum atomic E-state index is 0. The highest BCUT2D eigenvalue weighted by atomic mass is 35.5. The van der Waals surface area contributed by atoms with Gasteiger partial charge in [0, 0.05) is 37.1 Å². The third-order valence-electron chi connectivity index (χ3n) is 5.06. The molecule has 1 saturated heterocycles. The first-order valence-electron chi connectivity index (χ1n) is 9.24. The van der Waals surface area contributed by atoms with Crippen LogP contribution in [0.15, 0.2) is 18.2 Å². The number of benzene rings is 1. The third-order valence-corrected chi connectivity index (χ3v) is 5.29. The molecule has 0 aromatic heterocycles. The van der Waals surface area contributed by atoms with Gasteiger partial charge in [0.1, 0.15) is 5.75 Å². The molecule has 2 fully saturated rings. The summed E-state index contributed by atoms with van der Waals surface area (Å²) in [6, 6.07) is 6.02. The van der Waals surface area contributed by atoms with Crippen molar-refractivity contribution in [3.8, 4) is 5.75 Å². The Balaban J connectivity index is 0.00000182. The highest BCUT2D eigenvalue weighted by Gasteiger charge is 2.25. The highest BCUT2D eigenvalue weighted by molar-refractivity contribution is 6.30. The third kappa shape index (κ3) is 7.57. The van der Waals surface area contributed by atoms with Gasteiger partial charge in [0.25, 0.3) is 0 Å². The molecule has 27 heavy (non-hydrogen) atoms. The van der Waals surface area contributed by atoms with Crippen LogP contribution in [-0.4, -0.2) is 50.1 Å². The van der Waals surface area contributed by atoms with Crippen molar-refractivity contribution in [2.24, 2.45) is 5.92 Å². The number of amides is 1. The van der Waals surface area contributed by atoms with Crippen LogP contribution in [0.2, 0.25) is 5.02 Å². The molecule has 2 N–H and O–H groups in total. The van der Waals surface area contributed by atoms with Crippen molar-refractivity contribution in [1.29, 1.82) is 0 Å². The molecule has 5 nitrogen and oxygen atoms in total. The number of rotatable bonds is 8. The molecule has 0 bridgehead atoms. The number of hydrogen-bond acceptors (Lipinski definition) is 4. The summed E-state index contributed by atoms with van der Waals surface area (Å²) in [5.41, 5.74) is 0.825. The van der Waals surface area contributed by atoms with Crippen molar-refractivity contribution in [1.82, 2.24) is 10.2 Å². The molecular formula is C19H30Cl3N3O2. The summed E-state index contributed by atoms with van der Waals surface area (Å²) in [5, 5.41) is 7.55. The number of methoxy groups -OCH3 is 1. The summed E-state index contributed by atoms with van der Waals surface area (Å²) in [6.45, 7) is 3.46. The van der Waals surface area contributed by atoms with Crippen molar-refractivity contribution in [3.05, 3.63) is 23.2 Å². The van der Waals surface area contributed by atoms with Gasteiger partial charge in [-0.25, -0.2) is 0 Å². The zero-order valence-electron chi connectivity index (χ0n) is 15.7. The monoisotopic (exact) mass is 437 g/mol. The number of halogens is 3. The molecule has 1 amide bonds. The Labute approximate surface area is 179 Å². The molecule has 0 unspecified atom stereocenters. The first-order chi connectivity index (χ1) is 12.2. The van der Waals surface area contributed by atoms with E-state index in [9.17, 15) is 4.79 Å². The lowest BCUT2D eigenvalue weighted by atomic mass is 10.0. The predicted octanol–water partition coefficient (Wildman–Crippen LogP) is 3.98. The summed E-state index contributed by atoms with van der Waals surface area (Å²) in [5.74, 6) is 1.86. The first-order valence-corrected chi connectivity index (χ1v) is 9.62. The van der Waals surface area contributed by atoms with E-state index in [1.807, 2.05) is 17.0 Å². The van der Waals surface area contributed by atoms with Gasteiger partial charge in [-0.05, 0) is 56.3 Å². The average molecular weight is 439 g/mol. The zero-order valence-corrected chi connectivity index (χ0v) is 18.1. The van der Waals surface area contributed by atoms with Gasteiger partial charge in [0.05, 0.1) is 12.8 Å². The van der Waals surface area contributed by atoms with Crippen LogP contribution in [0, 0.1) is 5.92 Å². The fraction of sp³-hybridized carbons (Fsp3) is 0.632. The molecule has 0 atom stereocenters. The van der Waals surface area contributed by atoms with Crippen LogP contribution in [0.4, 0.5) is 5.69 Å². The fourth-order valence-corrected chi connectivity index (χ4v) is 3.44. The Bertz CT molecular complexity index is 592. The lowest BCUT2D eigenvalue weighted by Crippen LogP contribution is -2.45. The lowest BCUT2D eigenvalue weighted by Gasteiger charge is -2.32. The van der Waals surface area contributed by atoms with Gasteiger partial charge in [-0.15, -0.1) is 24.8 Å². The van der Waals surface area contributed by atoms with E-state index in [1.54, 1.807) is 13.2 Å². The van der Waals surface area contributed by atoms with Crippen molar-refractivity contribution in [2.75, 3.05) is 38.6 Å². The number of piperidine rings is 1. The van der Waals surface area contributed by atoms with E-state index >= 15 is 0 Å². The van der Waals surface area contributed by atoms with Crippen LogP contribution in [0.5, 0.6) is 5.75 Å². The SMILES string of the molecule is COc1ccc(Cl)cc1NCCC(=O)N1CCC(NCC2CC2)CC1.Cl.Cl. The predicted molar refractivity (Wildman–Crippen MR) is 116 cm³/mol. The molecule has 1 heterocycles. The smallest absolute Gasteiger partial charge is 0.224 e. The summed E-state index contributed by atoms with van der Waals surface area (Å²) >= 11 is 6.02. The van der Waals surface area contributed by atoms with Crippen LogP contribution in [-0.2, 0) is 4.79 Å². The molecule has 8 heteroatoms. The van der Waals surface area contributed by atoms with E-state index in [0.29, 0.717) is 24.0 Å². The van der Waals surface area contributed by atoms with Crippen LogP contribution in [0.3, 0.4) is 0 Å². The van der Waals surface area contributed by atoms with Gasteiger partial charge in [0.2, 0.25) is 5.91 Å². The number of ether oxygens (including phenoxy) is 1. The number of nitrogens with one attached hydrogen (secondary N) is 2. The van der Waals surface area contributed by atoms with E-state index in [0.717, 1.165) is 49.8 Å². The second kappa shape index (κ2) is 11.8. The number of hydrogen-bond donors (Lipinski definition) is 2. The quantitative estimate of drug-likeness (QED) is 0.644. The van der Waals surface area contributed by atoms with E-state index in [1.165, 1.54) is 12.8 Å². The van der Waals surface area contributed by atoms with Gasteiger partial charge in [-0.3, -0.25) is 4.79 Å². The number of carbonyl (C=O) groups excluding carboxylic acids is 1. The molecule has 0 spiro atoms. The molecule has 154 valence electrons. The second-order valence-corrected chi connectivity index (χ2v) is 7.46. The Morgan fingerprint density at radius 2 is 1.93 bits per heavy atom. The van der Waals surface area contributed by atoms with E-state index in [-0.39, 0.29) is 30.7 Å². The van der Waals surface area contributed by atoms with E-state index in [4.69, 9.17) is 16.3 Å². The maximum atomic E-state index is 12.4. The fourth-order valence-electron chi connectivity index (χ4n) is 3.27. The van der Waals surface area contributed by atoms with Gasteiger partial charge in [-0.2, -0.15) is 0 Å². The minimum absolute atomic E-state index is 0. The molecule has 1 aliphatic carbocycles. The van der Waals surface area contributed by atoms with Gasteiger partial charge < -0.3 is 20.3 Å². The van der Waals surface area contributed by atoms with Crippen molar-refractivity contribution < 1.29 is 9.53 Å². The molecule has 0 radical (unpaired) electrons.